The summed E-state index contributed by atoms with van der Waals surface area (Å²) in [4.78, 5) is 13.4. The number of hydrogen-bond acceptors (Lipinski definition) is 4. The van der Waals surface area contributed by atoms with Crippen LogP contribution >= 0.6 is 7.72 Å². The minimum absolute atomic E-state index is 0.107. The van der Waals surface area contributed by atoms with E-state index in [0.29, 0.717) is 18.4 Å². The Balaban J connectivity index is 2.11. The summed E-state index contributed by atoms with van der Waals surface area (Å²) in [6.45, 7) is 6.13. The molecule has 4 nitrogen and oxygen atoms in total. The van der Waals surface area contributed by atoms with Crippen molar-refractivity contribution in [3.63, 3.8) is 0 Å². The molecule has 1 N–H and O–H groups in total. The van der Waals surface area contributed by atoms with Crippen molar-refractivity contribution < 1.29 is 18.9 Å². The Hall–Kier alpha value is -2.52. The first-order chi connectivity index (χ1) is 16.0. The summed E-state index contributed by atoms with van der Waals surface area (Å²) in [6.07, 6.45) is 1.53. The van der Waals surface area contributed by atoms with E-state index in [0.717, 1.165) is 17.0 Å². The molecule has 0 spiro atoms. The predicted octanol–water partition coefficient (Wildman–Crippen LogP) is 5.67. The Labute approximate surface area is 198 Å². The number of hydrogen-bond donors (Lipinski definition) is 1. The molecule has 3 unspecified atom stereocenters. The van der Waals surface area contributed by atoms with Gasteiger partial charge in [-0.05, 0) is 0 Å². The van der Waals surface area contributed by atoms with Crippen molar-refractivity contribution in [1.82, 2.24) is 0 Å². The van der Waals surface area contributed by atoms with Crippen molar-refractivity contribution in [2.45, 2.75) is 52.2 Å². The molecule has 3 rings (SSSR count). The van der Waals surface area contributed by atoms with Crippen LogP contribution in [-0.2, 0) is 9.05 Å². The molecule has 5 heteroatoms. The van der Waals surface area contributed by atoms with Gasteiger partial charge in [0.2, 0.25) is 0 Å². The van der Waals surface area contributed by atoms with E-state index >= 15 is 0 Å². The Bertz CT molecular complexity index is 939. The normalized spacial score (nSPS) is 14.8. The maximum absolute atomic E-state index is 13.4. The van der Waals surface area contributed by atoms with Crippen molar-refractivity contribution in [1.29, 1.82) is 0 Å². The zero-order valence-electron chi connectivity index (χ0n) is 19.7. The van der Waals surface area contributed by atoms with Crippen LogP contribution in [0, 0.1) is 5.92 Å². The summed E-state index contributed by atoms with van der Waals surface area (Å²) < 4.78 is 13.3. The SMILES string of the molecule is CCCC(O)C(C)C(CC)O[PH](OC(=O)c1ccccc1)(c1ccccc1)c1ccccc1. The van der Waals surface area contributed by atoms with Crippen molar-refractivity contribution in [2.24, 2.45) is 5.92 Å². The van der Waals surface area contributed by atoms with Crippen LogP contribution in [0.25, 0.3) is 0 Å². The van der Waals surface area contributed by atoms with E-state index in [1.54, 1.807) is 12.1 Å². The van der Waals surface area contributed by atoms with E-state index < -0.39 is 19.8 Å². The molecule has 0 saturated carbocycles. The summed E-state index contributed by atoms with van der Waals surface area (Å²) >= 11 is 0. The molecule has 33 heavy (non-hydrogen) atoms. The van der Waals surface area contributed by atoms with Crippen LogP contribution in [0.2, 0.25) is 0 Å². The second-order valence-corrected chi connectivity index (χ2v) is 11.2. The van der Waals surface area contributed by atoms with E-state index in [-0.39, 0.29) is 12.0 Å². The summed E-state index contributed by atoms with van der Waals surface area (Å²) in [7, 11) is -3.47. The molecule has 0 aliphatic rings. The third-order valence-electron chi connectivity index (χ3n) is 6.05. The molecule has 0 aliphatic carbocycles. The molecule has 0 aromatic heterocycles. The number of carbonyl (C=O) groups excluding carboxylic acids is 1. The van der Waals surface area contributed by atoms with Gasteiger partial charge in [-0.3, -0.25) is 0 Å². The fourth-order valence-corrected chi connectivity index (χ4v) is 7.44. The van der Waals surface area contributed by atoms with Crippen molar-refractivity contribution in [3.8, 4) is 0 Å². The van der Waals surface area contributed by atoms with Gasteiger partial charge in [-0.2, -0.15) is 0 Å². The zero-order valence-corrected chi connectivity index (χ0v) is 20.7. The van der Waals surface area contributed by atoms with E-state index in [2.05, 4.69) is 6.92 Å². The van der Waals surface area contributed by atoms with Crippen molar-refractivity contribution >= 4 is 24.3 Å². The molecule has 0 radical (unpaired) electrons. The second kappa shape index (κ2) is 12.1. The monoisotopic (exact) mass is 466 g/mol. The van der Waals surface area contributed by atoms with Crippen LogP contribution in [0.5, 0.6) is 0 Å². The van der Waals surface area contributed by atoms with Gasteiger partial charge in [-0.1, -0.05) is 0 Å². The molecule has 3 aromatic carbocycles. The number of aliphatic hydroxyl groups excluding tert-OH is 1. The van der Waals surface area contributed by atoms with Gasteiger partial charge in [0.05, 0.1) is 0 Å². The third kappa shape index (κ3) is 6.09. The predicted molar refractivity (Wildman–Crippen MR) is 138 cm³/mol. The second-order valence-electron chi connectivity index (χ2n) is 8.38. The molecule has 3 atom stereocenters. The Morgan fingerprint density at radius 1 is 0.848 bits per heavy atom. The standard InChI is InChI=1S/C28H35O4P/c1-4-15-26(29)22(3)27(5-2)31-33(24-18-11-7-12-19-24,25-20-13-8-14-21-25)32-28(30)23-16-9-6-10-17-23/h6-14,16-22,26-27,29,33H,4-5,15H2,1-3H3. The molecular formula is C28H35O4P. The third-order valence-corrected chi connectivity index (χ3v) is 9.35. The van der Waals surface area contributed by atoms with Gasteiger partial charge in [-0.15, -0.1) is 0 Å². The van der Waals surface area contributed by atoms with Gasteiger partial charge in [0.1, 0.15) is 0 Å². The van der Waals surface area contributed by atoms with E-state index in [9.17, 15) is 9.90 Å². The van der Waals surface area contributed by atoms with Gasteiger partial charge in [0.25, 0.3) is 0 Å². The van der Waals surface area contributed by atoms with E-state index in [1.807, 2.05) is 92.7 Å². The molecule has 0 aliphatic heterocycles. The molecular weight excluding hydrogens is 431 g/mol. The van der Waals surface area contributed by atoms with Crippen molar-refractivity contribution in [2.75, 3.05) is 0 Å². The number of aliphatic hydroxyl groups is 1. The van der Waals surface area contributed by atoms with Gasteiger partial charge in [0.15, 0.2) is 0 Å². The van der Waals surface area contributed by atoms with Gasteiger partial charge < -0.3 is 0 Å². The number of rotatable bonds is 11. The number of benzene rings is 3. The van der Waals surface area contributed by atoms with Gasteiger partial charge in [-0.25, -0.2) is 0 Å². The summed E-state index contributed by atoms with van der Waals surface area (Å²) in [5.41, 5.74) is 0.483. The fraction of sp³-hybridized carbons (Fsp3) is 0.321. The molecule has 176 valence electrons. The topological polar surface area (TPSA) is 55.8 Å². The van der Waals surface area contributed by atoms with Gasteiger partial charge >= 0.3 is 198 Å². The Morgan fingerprint density at radius 2 is 1.33 bits per heavy atom. The van der Waals surface area contributed by atoms with E-state index in [4.69, 9.17) is 9.05 Å². The average Bonchev–Trinajstić information content (AvgIpc) is 2.87. The minimum atomic E-state index is -3.47. The first-order valence-corrected chi connectivity index (χ1v) is 13.6. The summed E-state index contributed by atoms with van der Waals surface area (Å²) in [5, 5.41) is 12.5. The molecule has 0 saturated heterocycles. The average molecular weight is 467 g/mol. The van der Waals surface area contributed by atoms with Crippen LogP contribution in [0.15, 0.2) is 91.0 Å². The van der Waals surface area contributed by atoms with Crippen LogP contribution < -0.4 is 10.6 Å². The number of carbonyl (C=O) groups is 1. The van der Waals surface area contributed by atoms with E-state index in [1.165, 1.54) is 0 Å². The Morgan fingerprint density at radius 3 is 1.79 bits per heavy atom. The quantitative estimate of drug-likeness (QED) is 0.370. The Kier molecular flexibility index (Phi) is 9.20. The summed E-state index contributed by atoms with van der Waals surface area (Å²) in [6, 6.07) is 28.5. The van der Waals surface area contributed by atoms with Crippen molar-refractivity contribution in [3.05, 3.63) is 96.6 Å². The molecule has 0 bridgehead atoms. The van der Waals surface area contributed by atoms with Crippen LogP contribution in [0.4, 0.5) is 0 Å². The first kappa shape index (κ1) is 25.1. The molecule has 0 heterocycles. The molecule has 3 aromatic rings. The first-order valence-electron chi connectivity index (χ1n) is 11.8. The van der Waals surface area contributed by atoms with Gasteiger partial charge in [0, 0.05) is 0 Å². The van der Waals surface area contributed by atoms with Crippen LogP contribution in [0.1, 0.15) is 50.4 Å². The summed E-state index contributed by atoms with van der Waals surface area (Å²) in [5.74, 6) is -0.517. The maximum atomic E-state index is 13.4. The molecule has 0 fully saturated rings. The molecule has 0 amide bonds. The fourth-order valence-electron chi connectivity index (χ4n) is 4.11. The zero-order chi connectivity index (χ0) is 23.7. The van der Waals surface area contributed by atoms with Crippen LogP contribution in [0.3, 0.4) is 0 Å². The van der Waals surface area contributed by atoms with Crippen LogP contribution in [-0.4, -0.2) is 23.3 Å².